The molecule has 0 saturated carbocycles. The first-order valence-electron chi connectivity index (χ1n) is 12.1. The van der Waals surface area contributed by atoms with E-state index in [0.717, 1.165) is 19.5 Å². The van der Waals surface area contributed by atoms with Crippen LogP contribution < -0.4 is 5.32 Å². The Bertz CT molecular complexity index is 1040. The third-order valence-corrected chi connectivity index (χ3v) is 8.17. The lowest BCUT2D eigenvalue weighted by Gasteiger charge is -2.34. The van der Waals surface area contributed by atoms with Gasteiger partial charge in [-0.15, -0.1) is 0 Å². The van der Waals surface area contributed by atoms with Gasteiger partial charge in [0.15, 0.2) is 0 Å². The minimum atomic E-state index is 0.189. The summed E-state index contributed by atoms with van der Waals surface area (Å²) in [6, 6.07) is 1.31. The second kappa shape index (κ2) is 6.85. The van der Waals surface area contributed by atoms with E-state index in [2.05, 4.69) is 70.8 Å². The van der Waals surface area contributed by atoms with Crippen molar-refractivity contribution in [2.24, 2.45) is 5.92 Å². The summed E-state index contributed by atoms with van der Waals surface area (Å²) in [5.41, 5.74) is 5.80. The van der Waals surface area contributed by atoms with Gasteiger partial charge in [-0.3, -0.25) is 9.80 Å². The molecule has 0 aromatic carbocycles. The molecule has 0 spiro atoms. The van der Waals surface area contributed by atoms with Gasteiger partial charge in [-0.2, -0.15) is 0 Å². The molecule has 4 nitrogen and oxygen atoms in total. The van der Waals surface area contributed by atoms with Crippen LogP contribution in [0.15, 0.2) is 82.5 Å². The average molecular weight is 414 g/mol. The van der Waals surface area contributed by atoms with Crippen LogP contribution in [-0.4, -0.2) is 47.2 Å². The van der Waals surface area contributed by atoms with E-state index in [0.29, 0.717) is 24.2 Å². The van der Waals surface area contributed by atoms with Crippen LogP contribution in [0.3, 0.4) is 0 Å². The standard InChI is InChI=1S/C27H31N3O/c1-17-11-12-20-23(13-17)31-26-24-19(14-28-25(20)26)16-30-22-10-6-5-9-21(22)29(27(24)30)15-18-7-3-2-4-8-18/h2-3,6-7,10-12,14,17,21-22,25,27-28H,4-5,8-9,13,15-16H2,1H3. The van der Waals surface area contributed by atoms with Gasteiger partial charge in [0, 0.05) is 48.9 Å². The van der Waals surface area contributed by atoms with E-state index in [4.69, 9.17) is 4.74 Å². The first-order chi connectivity index (χ1) is 15.3. The highest BCUT2D eigenvalue weighted by atomic mass is 16.5. The van der Waals surface area contributed by atoms with E-state index < -0.39 is 0 Å². The van der Waals surface area contributed by atoms with Crippen LogP contribution >= 0.6 is 0 Å². The highest BCUT2D eigenvalue weighted by molar-refractivity contribution is 5.55. The number of fused-ring (bicyclic) bond motifs is 7. The number of hydrogen-bond donors (Lipinski definition) is 1. The average Bonchev–Trinajstić information content (AvgIpc) is 3.44. The summed E-state index contributed by atoms with van der Waals surface area (Å²) < 4.78 is 6.66. The first-order valence-corrected chi connectivity index (χ1v) is 12.1. The summed E-state index contributed by atoms with van der Waals surface area (Å²) in [5.74, 6) is 2.92. The fraction of sp³-hybridized carbons (Fsp3) is 0.481. The molecular formula is C27H31N3O. The van der Waals surface area contributed by atoms with Gasteiger partial charge in [0.1, 0.15) is 17.6 Å². The lowest BCUT2D eigenvalue weighted by molar-refractivity contribution is 0.177. The van der Waals surface area contributed by atoms with Crippen LogP contribution in [-0.2, 0) is 4.74 Å². The number of hydrogen-bond acceptors (Lipinski definition) is 4. The maximum absolute atomic E-state index is 6.66. The zero-order valence-corrected chi connectivity index (χ0v) is 18.3. The molecule has 31 heavy (non-hydrogen) atoms. The van der Waals surface area contributed by atoms with Gasteiger partial charge < -0.3 is 10.1 Å². The molecule has 4 heteroatoms. The van der Waals surface area contributed by atoms with E-state index in [9.17, 15) is 0 Å². The summed E-state index contributed by atoms with van der Waals surface area (Å²) in [7, 11) is 0. The van der Waals surface area contributed by atoms with Crippen molar-refractivity contribution < 1.29 is 4.74 Å². The van der Waals surface area contributed by atoms with E-state index in [1.807, 2.05) is 0 Å². The summed E-state index contributed by atoms with van der Waals surface area (Å²) in [6.45, 7) is 4.37. The van der Waals surface area contributed by atoms with Gasteiger partial charge in [-0.1, -0.05) is 55.0 Å². The van der Waals surface area contributed by atoms with Crippen molar-refractivity contribution in [1.82, 2.24) is 15.1 Å². The molecule has 7 rings (SSSR count). The summed E-state index contributed by atoms with van der Waals surface area (Å²) in [4.78, 5) is 5.54. The first kappa shape index (κ1) is 18.3. The van der Waals surface area contributed by atoms with Gasteiger partial charge >= 0.3 is 0 Å². The van der Waals surface area contributed by atoms with Crippen molar-refractivity contribution in [2.75, 3.05) is 13.1 Å². The summed E-state index contributed by atoms with van der Waals surface area (Å²) in [5, 5.41) is 3.69. The lowest BCUT2D eigenvalue weighted by Crippen LogP contribution is -2.43. The molecule has 2 fully saturated rings. The van der Waals surface area contributed by atoms with E-state index >= 15 is 0 Å². The van der Waals surface area contributed by atoms with Crippen molar-refractivity contribution in [3.05, 3.63) is 82.5 Å². The number of rotatable bonds is 2. The number of dihydropyridines is 1. The fourth-order valence-electron chi connectivity index (χ4n) is 6.72. The van der Waals surface area contributed by atoms with Crippen LogP contribution in [0.4, 0.5) is 0 Å². The molecule has 0 aromatic rings. The molecule has 4 aliphatic heterocycles. The number of nitrogens with one attached hydrogen (secondary N) is 1. The molecule has 0 amide bonds. The van der Waals surface area contributed by atoms with Crippen LogP contribution in [0.5, 0.6) is 0 Å². The zero-order valence-electron chi connectivity index (χ0n) is 18.3. The molecule has 7 aliphatic rings. The Morgan fingerprint density at radius 2 is 2.16 bits per heavy atom. The van der Waals surface area contributed by atoms with E-state index in [1.54, 1.807) is 5.57 Å². The molecule has 4 heterocycles. The zero-order chi connectivity index (χ0) is 20.5. The Labute approximate surface area is 185 Å². The molecule has 3 aliphatic carbocycles. The normalized spacial score (nSPS) is 38.2. The molecule has 5 atom stereocenters. The number of ether oxygens (including phenoxy) is 1. The highest BCUT2D eigenvalue weighted by Crippen LogP contribution is 2.49. The number of allylic oxidation sites excluding steroid dienone is 6. The molecule has 0 aromatic heterocycles. The fourth-order valence-corrected chi connectivity index (χ4v) is 6.72. The quantitative estimate of drug-likeness (QED) is 0.683. The Morgan fingerprint density at radius 1 is 1.19 bits per heavy atom. The van der Waals surface area contributed by atoms with Gasteiger partial charge in [-0.05, 0) is 37.2 Å². The van der Waals surface area contributed by atoms with Gasteiger partial charge in [0.25, 0.3) is 0 Å². The second-order valence-corrected chi connectivity index (χ2v) is 10.1. The summed E-state index contributed by atoms with van der Waals surface area (Å²) in [6.07, 6.45) is 24.9. The Kier molecular flexibility index (Phi) is 4.04. The van der Waals surface area contributed by atoms with Crippen molar-refractivity contribution in [3.8, 4) is 0 Å². The predicted octanol–water partition coefficient (Wildman–Crippen LogP) is 4.30. The monoisotopic (exact) mass is 413 g/mol. The molecule has 0 radical (unpaired) electrons. The van der Waals surface area contributed by atoms with Gasteiger partial charge in [-0.25, -0.2) is 0 Å². The number of nitrogens with zero attached hydrogens (tertiary/aromatic N) is 2. The van der Waals surface area contributed by atoms with E-state index in [-0.39, 0.29) is 6.04 Å². The minimum Gasteiger partial charge on any atom is -0.463 e. The Balaban J connectivity index is 1.30. The summed E-state index contributed by atoms with van der Waals surface area (Å²) >= 11 is 0. The maximum Gasteiger partial charge on any atom is 0.137 e. The highest BCUT2D eigenvalue weighted by Gasteiger charge is 2.55. The molecular weight excluding hydrogens is 382 g/mol. The molecule has 1 N–H and O–H groups in total. The maximum atomic E-state index is 6.66. The molecule has 160 valence electrons. The predicted molar refractivity (Wildman–Crippen MR) is 123 cm³/mol. The van der Waals surface area contributed by atoms with Crippen LogP contribution in [0.25, 0.3) is 0 Å². The van der Waals surface area contributed by atoms with Crippen LogP contribution in [0, 0.1) is 5.92 Å². The van der Waals surface area contributed by atoms with Crippen LogP contribution in [0.1, 0.15) is 39.0 Å². The molecule has 2 saturated heterocycles. The van der Waals surface area contributed by atoms with Crippen LogP contribution in [0.2, 0.25) is 0 Å². The topological polar surface area (TPSA) is 27.7 Å². The largest absolute Gasteiger partial charge is 0.463 e. The second-order valence-electron chi connectivity index (χ2n) is 10.1. The van der Waals surface area contributed by atoms with Crippen molar-refractivity contribution in [2.45, 2.75) is 63.3 Å². The van der Waals surface area contributed by atoms with E-state index in [1.165, 1.54) is 53.9 Å². The van der Waals surface area contributed by atoms with Gasteiger partial charge in [0.2, 0.25) is 0 Å². The van der Waals surface area contributed by atoms with Crippen molar-refractivity contribution >= 4 is 0 Å². The minimum absolute atomic E-state index is 0.189. The van der Waals surface area contributed by atoms with Crippen molar-refractivity contribution in [3.63, 3.8) is 0 Å². The van der Waals surface area contributed by atoms with Crippen molar-refractivity contribution in [1.29, 1.82) is 0 Å². The van der Waals surface area contributed by atoms with Gasteiger partial charge in [0.05, 0.1) is 6.17 Å². The third-order valence-electron chi connectivity index (χ3n) is 8.17. The molecule has 0 bridgehead atoms. The molecule has 5 unspecified atom stereocenters. The Hall–Kier alpha value is -2.30. The Morgan fingerprint density at radius 3 is 3.06 bits per heavy atom. The lowest BCUT2D eigenvalue weighted by atomic mass is 9.90. The SMILES string of the molecule is CC1C=CC2=C(C1)OC1=C3C(=CNC21)CN1C2C=CCCC2N(CC2=CC=CCC2)C31. The smallest absolute Gasteiger partial charge is 0.137 e. The third kappa shape index (κ3) is 2.68.